The molecular formula is C24H29N3O4S2. The molecule has 7 nitrogen and oxygen atoms in total. The lowest BCUT2D eigenvalue weighted by atomic mass is 10.1. The molecule has 4 rings (SSSR count). The molecule has 1 aliphatic heterocycles. The number of nitrogens with zero attached hydrogens (tertiary/aromatic N) is 3. The highest BCUT2D eigenvalue weighted by Crippen LogP contribution is 2.31. The molecule has 0 radical (unpaired) electrons. The van der Waals surface area contributed by atoms with Gasteiger partial charge in [0.15, 0.2) is 15.0 Å². The Bertz CT molecular complexity index is 1210. The van der Waals surface area contributed by atoms with Gasteiger partial charge in [0, 0.05) is 38.0 Å². The quantitative estimate of drug-likeness (QED) is 0.443. The van der Waals surface area contributed by atoms with E-state index in [9.17, 15) is 13.2 Å². The third kappa shape index (κ3) is 5.65. The highest BCUT2D eigenvalue weighted by molar-refractivity contribution is 7.90. The van der Waals surface area contributed by atoms with Crippen LogP contribution >= 0.6 is 11.3 Å². The number of benzene rings is 2. The summed E-state index contributed by atoms with van der Waals surface area (Å²) in [5.41, 5.74) is 1.45. The minimum Gasteiger partial charge on any atom is -0.494 e. The Morgan fingerprint density at radius 1 is 1.06 bits per heavy atom. The second kappa shape index (κ2) is 10.1. The van der Waals surface area contributed by atoms with E-state index in [2.05, 4.69) is 16.8 Å². The maximum Gasteiger partial charge on any atom is 0.253 e. The van der Waals surface area contributed by atoms with Crippen LogP contribution in [0, 0.1) is 0 Å². The van der Waals surface area contributed by atoms with Gasteiger partial charge in [-0.25, -0.2) is 13.4 Å². The third-order valence-corrected chi connectivity index (χ3v) is 7.92. The number of hydrogen-bond acceptors (Lipinski definition) is 7. The first-order valence-electron chi connectivity index (χ1n) is 11.2. The van der Waals surface area contributed by atoms with Crippen LogP contribution in [0.15, 0.2) is 47.4 Å². The van der Waals surface area contributed by atoms with E-state index in [0.29, 0.717) is 43.2 Å². The molecule has 0 N–H and O–H groups in total. The average Bonchev–Trinajstić information content (AvgIpc) is 3.25. The lowest BCUT2D eigenvalue weighted by Crippen LogP contribution is -2.48. The van der Waals surface area contributed by atoms with Gasteiger partial charge in [0.1, 0.15) is 5.75 Å². The molecule has 1 fully saturated rings. The first-order chi connectivity index (χ1) is 15.8. The zero-order chi connectivity index (χ0) is 23.4. The normalized spacial score (nSPS) is 14.6. The van der Waals surface area contributed by atoms with Crippen LogP contribution in [0.4, 0.5) is 5.13 Å². The number of thiazole rings is 1. The Morgan fingerprint density at radius 2 is 1.79 bits per heavy atom. The van der Waals surface area contributed by atoms with Gasteiger partial charge in [-0.05, 0) is 48.9 Å². The number of sulfone groups is 1. The number of aromatic nitrogens is 1. The number of amides is 1. The van der Waals surface area contributed by atoms with Gasteiger partial charge in [-0.1, -0.05) is 31.1 Å². The predicted octanol–water partition coefficient (Wildman–Crippen LogP) is 4.23. The Morgan fingerprint density at radius 3 is 2.45 bits per heavy atom. The maximum absolute atomic E-state index is 12.9. The Kier molecular flexibility index (Phi) is 7.19. The number of carbonyl (C=O) groups is 1. The molecule has 1 aromatic heterocycles. The molecule has 2 heterocycles. The van der Waals surface area contributed by atoms with Crippen molar-refractivity contribution in [1.82, 2.24) is 9.88 Å². The highest BCUT2D eigenvalue weighted by atomic mass is 32.2. The maximum atomic E-state index is 12.9. The summed E-state index contributed by atoms with van der Waals surface area (Å²) in [5, 5.41) is 0.854. The number of carbonyl (C=O) groups excluding carboxylic acids is 1. The highest BCUT2D eigenvalue weighted by Gasteiger charge is 2.24. The predicted molar refractivity (Wildman–Crippen MR) is 132 cm³/mol. The number of ether oxygens (including phenoxy) is 1. The topological polar surface area (TPSA) is 79.8 Å². The zero-order valence-corrected chi connectivity index (χ0v) is 20.6. The van der Waals surface area contributed by atoms with Crippen molar-refractivity contribution in [3.8, 4) is 5.75 Å². The average molecular weight is 488 g/mol. The molecule has 2 aromatic carbocycles. The zero-order valence-electron chi connectivity index (χ0n) is 19.0. The van der Waals surface area contributed by atoms with Crippen molar-refractivity contribution in [3.63, 3.8) is 0 Å². The van der Waals surface area contributed by atoms with E-state index in [1.807, 2.05) is 29.2 Å². The monoisotopic (exact) mass is 487 g/mol. The van der Waals surface area contributed by atoms with Gasteiger partial charge < -0.3 is 14.5 Å². The molecule has 1 amide bonds. The number of anilines is 1. The van der Waals surface area contributed by atoms with E-state index in [-0.39, 0.29) is 5.91 Å². The van der Waals surface area contributed by atoms with E-state index in [1.165, 1.54) is 17.6 Å². The molecule has 0 unspecified atom stereocenters. The lowest BCUT2D eigenvalue weighted by molar-refractivity contribution is 0.0746. The van der Waals surface area contributed by atoms with Crippen LogP contribution in [0.2, 0.25) is 0 Å². The van der Waals surface area contributed by atoms with Crippen LogP contribution < -0.4 is 9.64 Å². The smallest absolute Gasteiger partial charge is 0.253 e. The van der Waals surface area contributed by atoms with Crippen LogP contribution in [0.25, 0.3) is 10.2 Å². The fourth-order valence-electron chi connectivity index (χ4n) is 3.78. The molecule has 3 aromatic rings. The van der Waals surface area contributed by atoms with Crippen molar-refractivity contribution >= 4 is 42.4 Å². The van der Waals surface area contributed by atoms with Gasteiger partial charge in [-0.3, -0.25) is 4.79 Å². The summed E-state index contributed by atoms with van der Waals surface area (Å²) in [7, 11) is -3.25. The van der Waals surface area contributed by atoms with Crippen LogP contribution in [0.5, 0.6) is 5.75 Å². The molecule has 0 spiro atoms. The molecule has 176 valence electrons. The summed E-state index contributed by atoms with van der Waals surface area (Å²) >= 11 is 1.48. The summed E-state index contributed by atoms with van der Waals surface area (Å²) in [5.74, 6) is 0.816. The molecule has 1 saturated heterocycles. The van der Waals surface area contributed by atoms with Gasteiger partial charge in [0.05, 0.1) is 21.7 Å². The summed E-state index contributed by atoms with van der Waals surface area (Å²) in [6.45, 7) is 5.45. The van der Waals surface area contributed by atoms with Gasteiger partial charge >= 0.3 is 0 Å². The lowest BCUT2D eigenvalue weighted by Gasteiger charge is -2.34. The van der Waals surface area contributed by atoms with Crippen LogP contribution in [-0.2, 0) is 9.84 Å². The fraction of sp³-hybridized carbons (Fsp3) is 0.417. The Labute approximate surface area is 198 Å². The first kappa shape index (κ1) is 23.5. The van der Waals surface area contributed by atoms with E-state index in [0.717, 1.165) is 40.4 Å². The Hall–Kier alpha value is -2.65. The largest absolute Gasteiger partial charge is 0.494 e. The molecule has 1 aliphatic rings. The second-order valence-electron chi connectivity index (χ2n) is 8.26. The molecular weight excluding hydrogens is 458 g/mol. The van der Waals surface area contributed by atoms with Crippen molar-refractivity contribution in [1.29, 1.82) is 0 Å². The van der Waals surface area contributed by atoms with Gasteiger partial charge in [0.25, 0.3) is 5.91 Å². The summed E-state index contributed by atoms with van der Waals surface area (Å²) in [4.78, 5) is 21.9. The van der Waals surface area contributed by atoms with E-state index >= 15 is 0 Å². The van der Waals surface area contributed by atoms with Gasteiger partial charge in [0.2, 0.25) is 0 Å². The molecule has 0 atom stereocenters. The minimum atomic E-state index is -3.25. The van der Waals surface area contributed by atoms with E-state index in [4.69, 9.17) is 4.74 Å². The number of fused-ring (bicyclic) bond motifs is 1. The number of piperazine rings is 1. The number of unbranched alkanes of at least 4 members (excludes halogenated alkanes) is 2. The van der Waals surface area contributed by atoms with Crippen LogP contribution in [0.1, 0.15) is 36.5 Å². The standard InChI is InChI=1S/C24H29N3O4S2/c1-3-4-5-16-31-19-8-6-18(7-9-19)23(28)26-12-14-27(15-13-26)24-25-21-11-10-20(33(2,29)30)17-22(21)32-24/h6-11,17H,3-5,12-16H2,1-2H3. The summed E-state index contributed by atoms with van der Waals surface area (Å²) in [6.07, 6.45) is 4.56. The first-order valence-corrected chi connectivity index (χ1v) is 13.9. The van der Waals surface area contributed by atoms with Crippen molar-refractivity contribution < 1.29 is 17.9 Å². The van der Waals surface area contributed by atoms with Crippen molar-refractivity contribution in [2.45, 2.75) is 31.1 Å². The summed E-state index contributed by atoms with van der Waals surface area (Å²) < 4.78 is 30.2. The SMILES string of the molecule is CCCCCOc1ccc(C(=O)N2CCN(c3nc4ccc(S(C)(=O)=O)cc4s3)CC2)cc1. The number of rotatable bonds is 8. The third-order valence-electron chi connectivity index (χ3n) is 5.73. The van der Waals surface area contributed by atoms with Crippen LogP contribution in [0.3, 0.4) is 0 Å². The fourth-order valence-corrected chi connectivity index (χ4v) is 5.56. The van der Waals surface area contributed by atoms with Crippen LogP contribution in [-0.4, -0.2) is 63.3 Å². The summed E-state index contributed by atoms with van der Waals surface area (Å²) in [6, 6.07) is 12.4. The number of hydrogen-bond donors (Lipinski definition) is 0. The molecule has 9 heteroatoms. The molecule has 0 aliphatic carbocycles. The van der Waals surface area contributed by atoms with E-state index < -0.39 is 9.84 Å². The van der Waals surface area contributed by atoms with Gasteiger partial charge in [-0.15, -0.1) is 0 Å². The molecule has 33 heavy (non-hydrogen) atoms. The van der Waals surface area contributed by atoms with Crippen molar-refractivity contribution in [3.05, 3.63) is 48.0 Å². The molecule has 0 bridgehead atoms. The van der Waals surface area contributed by atoms with Gasteiger partial charge in [-0.2, -0.15) is 0 Å². The minimum absolute atomic E-state index is 0.0225. The van der Waals surface area contributed by atoms with Crippen molar-refractivity contribution in [2.24, 2.45) is 0 Å². The molecule has 0 saturated carbocycles. The van der Waals surface area contributed by atoms with E-state index in [1.54, 1.807) is 18.2 Å². The second-order valence-corrected chi connectivity index (χ2v) is 11.3. The van der Waals surface area contributed by atoms with Crippen molar-refractivity contribution in [2.75, 3.05) is 43.9 Å². The Balaban J connectivity index is 1.35.